The molecule has 2 saturated heterocycles. The summed E-state index contributed by atoms with van der Waals surface area (Å²) in [4.78, 5) is 20.6. The van der Waals surface area contributed by atoms with Crippen molar-refractivity contribution in [3.8, 4) is 0 Å². The smallest absolute Gasteiger partial charge is 0.237 e. The number of piperazine rings is 1. The quantitative estimate of drug-likeness (QED) is 0.729. The van der Waals surface area contributed by atoms with Gasteiger partial charge in [0.1, 0.15) is 5.82 Å². The third-order valence-electron chi connectivity index (χ3n) is 5.71. The number of thiophene rings is 1. The van der Waals surface area contributed by atoms with Crippen LogP contribution in [0.15, 0.2) is 35.7 Å². The van der Waals surface area contributed by atoms with Gasteiger partial charge in [-0.15, -0.1) is 11.3 Å². The Morgan fingerprint density at radius 3 is 2.61 bits per heavy atom. The molecule has 3 heterocycles. The van der Waals surface area contributed by atoms with E-state index in [1.54, 1.807) is 23.5 Å². The van der Waals surface area contributed by atoms with Crippen molar-refractivity contribution in [1.82, 2.24) is 14.7 Å². The molecule has 0 N–H and O–H groups in total. The van der Waals surface area contributed by atoms with Gasteiger partial charge in [0.2, 0.25) is 5.91 Å². The van der Waals surface area contributed by atoms with Gasteiger partial charge in [-0.3, -0.25) is 14.6 Å². The summed E-state index contributed by atoms with van der Waals surface area (Å²) in [6, 6.07) is 9.25. The molecular formula is C21H25ClFN3OS. The molecule has 1 aromatic carbocycles. The second-order valence-electron chi connectivity index (χ2n) is 7.51. The topological polar surface area (TPSA) is 26.8 Å². The van der Waals surface area contributed by atoms with Crippen molar-refractivity contribution >= 4 is 28.8 Å². The molecule has 2 aromatic rings. The highest BCUT2D eigenvalue weighted by molar-refractivity contribution is 7.10. The molecule has 150 valence electrons. The molecule has 1 unspecified atom stereocenters. The number of hydrogen-bond acceptors (Lipinski definition) is 4. The molecule has 1 aromatic heterocycles. The molecule has 2 aliphatic heterocycles. The van der Waals surface area contributed by atoms with E-state index in [0.717, 1.165) is 45.6 Å². The zero-order valence-corrected chi connectivity index (χ0v) is 17.4. The maximum atomic E-state index is 14.0. The molecule has 0 spiro atoms. The zero-order valence-electron chi connectivity index (χ0n) is 15.8. The fraction of sp³-hybridized carbons (Fsp3) is 0.476. The minimum absolute atomic E-state index is 0.224. The molecule has 7 heteroatoms. The summed E-state index contributed by atoms with van der Waals surface area (Å²) in [6.07, 6.45) is 2.13. The van der Waals surface area contributed by atoms with Crippen LogP contribution in [0.3, 0.4) is 0 Å². The Morgan fingerprint density at radius 1 is 1.11 bits per heavy atom. The summed E-state index contributed by atoms with van der Waals surface area (Å²) in [5.41, 5.74) is 0.560. The van der Waals surface area contributed by atoms with Crippen molar-refractivity contribution in [1.29, 1.82) is 0 Å². The van der Waals surface area contributed by atoms with Crippen LogP contribution in [0.2, 0.25) is 5.02 Å². The molecule has 2 aliphatic rings. The summed E-state index contributed by atoms with van der Waals surface area (Å²) >= 11 is 7.88. The average Bonchev–Trinajstić information content (AvgIpc) is 3.37. The summed E-state index contributed by atoms with van der Waals surface area (Å²) in [5, 5.41) is 2.56. The first-order chi connectivity index (χ1) is 13.6. The molecule has 0 saturated carbocycles. The summed E-state index contributed by atoms with van der Waals surface area (Å²) in [5.74, 6) is -0.0275. The second kappa shape index (κ2) is 8.91. The minimum atomic E-state index is -0.251. The Balaban J connectivity index is 1.29. The molecule has 2 fully saturated rings. The SMILES string of the molecule is O=C(CN1CCN(Cc2c(F)cccc2Cl)CC1)N1CCCC1c1cccs1. The fourth-order valence-corrected chi connectivity index (χ4v) is 5.23. The van der Waals surface area contributed by atoms with Crippen molar-refractivity contribution in [2.75, 3.05) is 39.3 Å². The van der Waals surface area contributed by atoms with Crippen LogP contribution in [-0.2, 0) is 11.3 Å². The number of likely N-dealkylation sites (tertiary alicyclic amines) is 1. The van der Waals surface area contributed by atoms with Gasteiger partial charge in [0, 0.05) is 54.7 Å². The van der Waals surface area contributed by atoms with Crippen LogP contribution in [0.5, 0.6) is 0 Å². The zero-order chi connectivity index (χ0) is 19.5. The predicted molar refractivity (Wildman–Crippen MR) is 111 cm³/mol. The Hall–Kier alpha value is -1.47. The number of halogens is 2. The first-order valence-corrected chi connectivity index (χ1v) is 11.1. The van der Waals surface area contributed by atoms with Crippen molar-refractivity contribution in [3.63, 3.8) is 0 Å². The van der Waals surface area contributed by atoms with Gasteiger partial charge in [0.25, 0.3) is 0 Å². The van der Waals surface area contributed by atoms with E-state index in [0.29, 0.717) is 23.7 Å². The molecule has 0 aliphatic carbocycles. The highest BCUT2D eigenvalue weighted by atomic mass is 35.5. The number of nitrogens with zero attached hydrogens (tertiary/aromatic N) is 3. The summed E-state index contributed by atoms with van der Waals surface area (Å²) < 4.78 is 14.0. The number of rotatable bonds is 5. The number of amides is 1. The van der Waals surface area contributed by atoms with Gasteiger partial charge >= 0.3 is 0 Å². The maximum Gasteiger partial charge on any atom is 0.237 e. The van der Waals surface area contributed by atoms with E-state index in [9.17, 15) is 9.18 Å². The van der Waals surface area contributed by atoms with Crippen molar-refractivity contribution < 1.29 is 9.18 Å². The van der Waals surface area contributed by atoms with Crippen LogP contribution in [0.25, 0.3) is 0 Å². The van der Waals surface area contributed by atoms with Crippen molar-refractivity contribution in [2.24, 2.45) is 0 Å². The van der Waals surface area contributed by atoms with Crippen LogP contribution in [-0.4, -0.2) is 59.9 Å². The van der Waals surface area contributed by atoms with Gasteiger partial charge < -0.3 is 4.90 Å². The molecule has 0 radical (unpaired) electrons. The van der Waals surface area contributed by atoms with E-state index in [4.69, 9.17) is 11.6 Å². The van der Waals surface area contributed by atoms with Crippen LogP contribution < -0.4 is 0 Å². The maximum absolute atomic E-state index is 14.0. The normalized spacial score (nSPS) is 21.4. The van der Waals surface area contributed by atoms with Crippen LogP contribution in [0.1, 0.15) is 29.3 Å². The summed E-state index contributed by atoms with van der Waals surface area (Å²) in [7, 11) is 0. The van der Waals surface area contributed by atoms with E-state index in [2.05, 4.69) is 32.2 Å². The minimum Gasteiger partial charge on any atom is -0.334 e. The van der Waals surface area contributed by atoms with Gasteiger partial charge in [-0.25, -0.2) is 4.39 Å². The predicted octanol–water partition coefficient (Wildman–Crippen LogP) is 4.02. The van der Waals surface area contributed by atoms with Gasteiger partial charge in [0.15, 0.2) is 0 Å². The Morgan fingerprint density at radius 2 is 1.89 bits per heavy atom. The van der Waals surface area contributed by atoms with E-state index in [1.165, 1.54) is 10.9 Å². The number of hydrogen-bond donors (Lipinski definition) is 0. The monoisotopic (exact) mass is 421 g/mol. The number of carbonyl (C=O) groups is 1. The van der Waals surface area contributed by atoms with E-state index in [-0.39, 0.29) is 17.8 Å². The van der Waals surface area contributed by atoms with Gasteiger partial charge in [-0.1, -0.05) is 23.7 Å². The average molecular weight is 422 g/mol. The Kier molecular flexibility index (Phi) is 6.31. The van der Waals surface area contributed by atoms with Gasteiger partial charge in [-0.05, 0) is 36.4 Å². The molecule has 28 heavy (non-hydrogen) atoms. The first-order valence-electron chi connectivity index (χ1n) is 9.82. The van der Waals surface area contributed by atoms with Crippen LogP contribution >= 0.6 is 22.9 Å². The van der Waals surface area contributed by atoms with E-state index >= 15 is 0 Å². The lowest BCUT2D eigenvalue weighted by atomic mass is 10.1. The highest BCUT2D eigenvalue weighted by Crippen LogP contribution is 2.34. The highest BCUT2D eigenvalue weighted by Gasteiger charge is 2.31. The second-order valence-corrected chi connectivity index (χ2v) is 8.90. The Bertz CT molecular complexity index is 788. The lowest BCUT2D eigenvalue weighted by molar-refractivity contribution is -0.133. The van der Waals surface area contributed by atoms with Crippen LogP contribution in [0, 0.1) is 5.82 Å². The van der Waals surface area contributed by atoms with E-state index < -0.39 is 0 Å². The van der Waals surface area contributed by atoms with Crippen molar-refractivity contribution in [2.45, 2.75) is 25.4 Å². The summed E-state index contributed by atoms with van der Waals surface area (Å²) in [6.45, 7) is 5.09. The third-order valence-corrected chi connectivity index (χ3v) is 7.04. The van der Waals surface area contributed by atoms with E-state index in [1.807, 2.05) is 0 Å². The number of carbonyl (C=O) groups excluding carboxylic acids is 1. The first kappa shape index (κ1) is 19.8. The lowest BCUT2D eigenvalue weighted by Crippen LogP contribution is -2.49. The largest absolute Gasteiger partial charge is 0.334 e. The third kappa shape index (κ3) is 4.40. The van der Waals surface area contributed by atoms with Gasteiger partial charge in [0.05, 0.1) is 12.6 Å². The fourth-order valence-electron chi connectivity index (χ4n) is 4.14. The Labute approximate surface area is 174 Å². The van der Waals surface area contributed by atoms with Crippen LogP contribution in [0.4, 0.5) is 4.39 Å². The van der Waals surface area contributed by atoms with Gasteiger partial charge in [-0.2, -0.15) is 0 Å². The number of benzene rings is 1. The lowest BCUT2D eigenvalue weighted by Gasteiger charge is -2.35. The molecule has 4 rings (SSSR count). The standard InChI is InChI=1S/C21H25ClFN3OS/c22-17-4-1-5-18(23)16(17)14-24-9-11-25(12-10-24)15-21(27)26-8-2-6-19(26)20-7-3-13-28-20/h1,3-5,7,13,19H,2,6,8-12,14-15H2. The molecule has 1 amide bonds. The van der Waals surface area contributed by atoms with Crippen molar-refractivity contribution in [3.05, 3.63) is 57.0 Å². The molecule has 4 nitrogen and oxygen atoms in total. The molecule has 0 bridgehead atoms. The molecular weight excluding hydrogens is 397 g/mol. The molecule has 1 atom stereocenters.